The van der Waals surface area contributed by atoms with Gasteiger partial charge in [-0.25, -0.2) is 10.9 Å². The highest BCUT2D eigenvalue weighted by Crippen LogP contribution is 2.18. The Morgan fingerprint density at radius 1 is 1.18 bits per heavy atom. The summed E-state index contributed by atoms with van der Waals surface area (Å²) in [6.45, 7) is 0.520. The second kappa shape index (κ2) is 4.64. The summed E-state index contributed by atoms with van der Waals surface area (Å²) in [5.74, 6) is 0.834. The molecular formula is C11H13N5O. The number of nitrogens with zero attached hydrogens (tertiary/aromatic N) is 1. The molecule has 1 aromatic carbocycles. The Hall–Kier alpha value is -1.73. The van der Waals surface area contributed by atoms with E-state index in [2.05, 4.69) is 26.9 Å². The van der Waals surface area contributed by atoms with Crippen LogP contribution in [0.2, 0.25) is 0 Å². The number of benzene rings is 1. The average molecular weight is 231 g/mol. The molecule has 1 aliphatic heterocycles. The van der Waals surface area contributed by atoms with Crippen molar-refractivity contribution < 1.29 is 4.74 Å². The molecule has 1 aliphatic rings. The maximum absolute atomic E-state index is 5.67. The van der Waals surface area contributed by atoms with E-state index in [0.717, 1.165) is 16.7 Å². The second-order valence-corrected chi connectivity index (χ2v) is 3.76. The molecular weight excluding hydrogens is 218 g/mol. The number of ether oxygens (including phenoxy) is 1. The molecule has 6 nitrogen and oxygen atoms in total. The van der Waals surface area contributed by atoms with Gasteiger partial charge in [-0.05, 0) is 24.3 Å². The lowest BCUT2D eigenvalue weighted by Crippen LogP contribution is -2.39. The van der Waals surface area contributed by atoms with E-state index in [1.807, 2.05) is 30.3 Å². The predicted octanol–water partition coefficient (Wildman–Crippen LogP) is 0.0567. The number of hydrogen-bond acceptors (Lipinski definition) is 6. The molecule has 1 saturated heterocycles. The van der Waals surface area contributed by atoms with Crippen molar-refractivity contribution in [2.45, 2.75) is 6.17 Å². The van der Waals surface area contributed by atoms with Crippen molar-refractivity contribution in [3.8, 4) is 5.75 Å². The maximum Gasteiger partial charge on any atom is 0.120 e. The molecule has 0 spiro atoms. The van der Waals surface area contributed by atoms with Gasteiger partial charge < -0.3 is 4.74 Å². The lowest BCUT2D eigenvalue weighted by Gasteiger charge is -2.11. The number of aromatic nitrogens is 1. The van der Waals surface area contributed by atoms with E-state index in [-0.39, 0.29) is 6.17 Å². The Morgan fingerprint density at radius 3 is 2.94 bits per heavy atom. The minimum Gasteiger partial charge on any atom is -0.490 e. The number of pyridine rings is 1. The van der Waals surface area contributed by atoms with Crippen LogP contribution >= 0.6 is 0 Å². The highest BCUT2D eigenvalue weighted by Gasteiger charge is 2.12. The molecule has 0 atom stereocenters. The molecule has 6 heteroatoms. The minimum atomic E-state index is 0.0413. The van der Waals surface area contributed by atoms with Crippen molar-refractivity contribution in [1.82, 2.24) is 26.9 Å². The van der Waals surface area contributed by atoms with Gasteiger partial charge in [-0.2, -0.15) is 11.1 Å². The second-order valence-electron chi connectivity index (χ2n) is 3.76. The first-order chi connectivity index (χ1) is 8.42. The summed E-state index contributed by atoms with van der Waals surface area (Å²) in [4.78, 5) is 4.26. The largest absolute Gasteiger partial charge is 0.490 e. The smallest absolute Gasteiger partial charge is 0.120 e. The van der Waals surface area contributed by atoms with E-state index in [1.165, 1.54) is 0 Å². The third-order valence-corrected chi connectivity index (χ3v) is 2.55. The Kier molecular flexibility index (Phi) is 2.85. The van der Waals surface area contributed by atoms with Crippen LogP contribution in [0.1, 0.15) is 0 Å². The Bertz CT molecular complexity index is 512. The predicted molar refractivity (Wildman–Crippen MR) is 63.6 cm³/mol. The molecule has 1 fully saturated rings. The summed E-state index contributed by atoms with van der Waals surface area (Å²) in [5.41, 5.74) is 12.4. The highest BCUT2D eigenvalue weighted by atomic mass is 16.5. The molecule has 2 aromatic rings. The number of rotatable bonds is 3. The van der Waals surface area contributed by atoms with Gasteiger partial charge in [-0.15, -0.1) is 0 Å². The summed E-state index contributed by atoms with van der Waals surface area (Å²) < 4.78 is 5.67. The molecule has 4 N–H and O–H groups in total. The Labute approximate surface area is 98.3 Å². The van der Waals surface area contributed by atoms with Crippen LogP contribution in [0, 0.1) is 0 Å². The fraction of sp³-hybridized carbons (Fsp3) is 0.182. The molecule has 0 aliphatic carbocycles. The Balaban J connectivity index is 1.72. The zero-order valence-corrected chi connectivity index (χ0v) is 9.10. The molecule has 0 unspecified atom stereocenters. The first-order valence-electron chi connectivity index (χ1n) is 5.40. The fourth-order valence-corrected chi connectivity index (χ4v) is 1.69. The molecule has 3 rings (SSSR count). The van der Waals surface area contributed by atoms with E-state index < -0.39 is 0 Å². The standard InChI is InChI=1S/C11H13N5O/c1-2-8-6-9(3-4-10(8)12-5-1)17-7-11-13-15-16-14-11/h1-6,11,13-16H,7H2. The van der Waals surface area contributed by atoms with Gasteiger partial charge in [-0.1, -0.05) is 6.07 Å². The molecule has 0 radical (unpaired) electrons. The van der Waals surface area contributed by atoms with Crippen molar-refractivity contribution in [2.24, 2.45) is 0 Å². The zero-order valence-electron chi connectivity index (χ0n) is 9.10. The van der Waals surface area contributed by atoms with Crippen LogP contribution in [-0.4, -0.2) is 17.8 Å². The molecule has 1 aromatic heterocycles. The maximum atomic E-state index is 5.67. The minimum absolute atomic E-state index is 0.0413. The number of fused-ring (bicyclic) bond motifs is 1. The summed E-state index contributed by atoms with van der Waals surface area (Å²) in [6, 6.07) is 9.80. The number of nitrogens with one attached hydrogen (secondary N) is 4. The van der Waals surface area contributed by atoms with Gasteiger partial charge in [0.25, 0.3) is 0 Å². The van der Waals surface area contributed by atoms with Crippen LogP contribution < -0.4 is 26.7 Å². The van der Waals surface area contributed by atoms with Gasteiger partial charge in [0.1, 0.15) is 18.5 Å². The van der Waals surface area contributed by atoms with Crippen LogP contribution in [0.25, 0.3) is 10.9 Å². The third-order valence-electron chi connectivity index (χ3n) is 2.55. The molecule has 88 valence electrons. The first kappa shape index (κ1) is 10.4. The summed E-state index contributed by atoms with van der Waals surface area (Å²) in [7, 11) is 0. The van der Waals surface area contributed by atoms with Crippen LogP contribution in [0.5, 0.6) is 5.75 Å². The van der Waals surface area contributed by atoms with Gasteiger partial charge in [0.15, 0.2) is 0 Å². The Morgan fingerprint density at radius 2 is 2.06 bits per heavy atom. The highest BCUT2D eigenvalue weighted by molar-refractivity contribution is 5.79. The van der Waals surface area contributed by atoms with E-state index in [1.54, 1.807) is 6.20 Å². The van der Waals surface area contributed by atoms with E-state index >= 15 is 0 Å². The zero-order chi connectivity index (χ0) is 11.5. The first-order valence-corrected chi connectivity index (χ1v) is 5.40. The third kappa shape index (κ3) is 2.34. The monoisotopic (exact) mass is 231 g/mol. The van der Waals surface area contributed by atoms with Crippen molar-refractivity contribution in [1.29, 1.82) is 0 Å². The van der Waals surface area contributed by atoms with Gasteiger partial charge in [0, 0.05) is 11.6 Å². The lowest BCUT2D eigenvalue weighted by molar-refractivity contribution is 0.260. The average Bonchev–Trinajstić information content (AvgIpc) is 2.89. The quantitative estimate of drug-likeness (QED) is 0.599. The number of hydrogen-bond donors (Lipinski definition) is 4. The molecule has 0 bridgehead atoms. The lowest BCUT2D eigenvalue weighted by atomic mass is 10.2. The van der Waals surface area contributed by atoms with Crippen LogP contribution in [0.15, 0.2) is 36.5 Å². The van der Waals surface area contributed by atoms with E-state index in [4.69, 9.17) is 4.74 Å². The molecule has 2 heterocycles. The van der Waals surface area contributed by atoms with Crippen molar-refractivity contribution in [2.75, 3.05) is 6.61 Å². The van der Waals surface area contributed by atoms with Crippen molar-refractivity contribution in [3.63, 3.8) is 0 Å². The summed E-state index contributed by atoms with van der Waals surface area (Å²) in [5, 5.41) is 1.08. The van der Waals surface area contributed by atoms with E-state index in [9.17, 15) is 0 Å². The topological polar surface area (TPSA) is 70.2 Å². The van der Waals surface area contributed by atoms with Crippen LogP contribution in [-0.2, 0) is 0 Å². The van der Waals surface area contributed by atoms with E-state index in [0.29, 0.717) is 6.61 Å². The van der Waals surface area contributed by atoms with Gasteiger partial charge >= 0.3 is 0 Å². The number of hydrazine groups is 3. The van der Waals surface area contributed by atoms with Crippen LogP contribution in [0.4, 0.5) is 0 Å². The summed E-state index contributed by atoms with van der Waals surface area (Å²) in [6.07, 6.45) is 1.83. The molecule has 17 heavy (non-hydrogen) atoms. The molecule has 0 amide bonds. The van der Waals surface area contributed by atoms with Crippen molar-refractivity contribution >= 4 is 10.9 Å². The van der Waals surface area contributed by atoms with Gasteiger partial charge in [0.05, 0.1) is 5.52 Å². The SMILES string of the molecule is c1cnc2ccc(OCC3NNNN3)cc2c1. The van der Waals surface area contributed by atoms with Crippen LogP contribution in [0.3, 0.4) is 0 Å². The fourth-order valence-electron chi connectivity index (χ4n) is 1.69. The van der Waals surface area contributed by atoms with Gasteiger partial charge in [-0.3, -0.25) is 4.98 Å². The molecule has 0 saturated carbocycles. The summed E-state index contributed by atoms with van der Waals surface area (Å²) >= 11 is 0. The van der Waals surface area contributed by atoms with Crippen molar-refractivity contribution in [3.05, 3.63) is 36.5 Å². The van der Waals surface area contributed by atoms with Gasteiger partial charge in [0.2, 0.25) is 0 Å². The normalized spacial score (nSPS) is 16.5.